The lowest BCUT2D eigenvalue weighted by Gasteiger charge is -2.31. The Bertz CT molecular complexity index is 434. The Morgan fingerprint density at radius 1 is 1.44 bits per heavy atom. The zero-order valence-corrected chi connectivity index (χ0v) is 12.8. The number of aliphatic hydroxyl groups excluding tert-OH is 1. The molecule has 4 heteroatoms. The van der Waals surface area contributed by atoms with Crippen molar-refractivity contribution in [2.45, 2.75) is 32.4 Å². The normalized spacial score (nSPS) is 23.8. The molecule has 1 aliphatic heterocycles. The van der Waals surface area contributed by atoms with E-state index in [1.165, 1.54) is 11.3 Å². The largest absolute Gasteiger partial charge is 0.390 e. The summed E-state index contributed by atoms with van der Waals surface area (Å²) in [7, 11) is 0. The fourth-order valence-electron chi connectivity index (χ4n) is 2.33. The van der Waals surface area contributed by atoms with Crippen molar-refractivity contribution >= 4 is 21.6 Å². The van der Waals surface area contributed by atoms with E-state index in [9.17, 15) is 5.11 Å². The lowest BCUT2D eigenvalue weighted by Crippen LogP contribution is -2.46. The molecule has 1 heterocycles. The zero-order valence-electron chi connectivity index (χ0n) is 11.2. The number of nitrogens with zero attached hydrogens (tertiary/aromatic N) is 1. The first kappa shape index (κ1) is 13.8. The molecular formula is C14H21BrN2O. The number of β-amino-alcohol motifs (C(OH)–C–C–N with tert-alkyl or cyclic N) is 1. The molecule has 1 aromatic carbocycles. The highest BCUT2D eigenvalue weighted by Gasteiger charge is 2.27. The highest BCUT2D eigenvalue weighted by molar-refractivity contribution is 9.10. The average molecular weight is 313 g/mol. The maximum absolute atomic E-state index is 9.96. The van der Waals surface area contributed by atoms with Gasteiger partial charge in [0.15, 0.2) is 0 Å². The summed E-state index contributed by atoms with van der Waals surface area (Å²) in [6, 6.07) is 6.34. The molecule has 1 saturated heterocycles. The van der Waals surface area contributed by atoms with Crippen LogP contribution in [0.2, 0.25) is 0 Å². The van der Waals surface area contributed by atoms with Gasteiger partial charge in [-0.3, -0.25) is 0 Å². The van der Waals surface area contributed by atoms with Gasteiger partial charge < -0.3 is 15.3 Å². The van der Waals surface area contributed by atoms with Crippen molar-refractivity contribution in [2.24, 2.45) is 0 Å². The van der Waals surface area contributed by atoms with Crippen LogP contribution in [0.5, 0.6) is 0 Å². The lowest BCUT2D eigenvalue weighted by atomic mass is 10.1. The molecule has 2 N–H and O–H groups in total. The van der Waals surface area contributed by atoms with Crippen molar-refractivity contribution in [2.75, 3.05) is 24.5 Å². The predicted octanol–water partition coefficient (Wildman–Crippen LogP) is 2.31. The van der Waals surface area contributed by atoms with E-state index >= 15 is 0 Å². The summed E-state index contributed by atoms with van der Waals surface area (Å²) in [6.07, 6.45) is -0.323. The van der Waals surface area contributed by atoms with Crippen molar-refractivity contribution in [1.82, 2.24) is 5.32 Å². The summed E-state index contributed by atoms with van der Waals surface area (Å²) in [4.78, 5) is 2.25. The van der Waals surface area contributed by atoms with Gasteiger partial charge in [0.25, 0.3) is 0 Å². The van der Waals surface area contributed by atoms with Crippen LogP contribution < -0.4 is 10.2 Å². The standard InChI is InChI=1S/C14H21BrN2O/c1-10-6-11(4-5-13(10)15)17-8-12(18)7-16-14(2,3)9-17/h4-6,12,16,18H,7-9H2,1-3H3. The first-order chi connectivity index (χ1) is 8.37. The molecule has 1 aliphatic rings. The molecule has 0 radical (unpaired) electrons. The minimum Gasteiger partial charge on any atom is -0.390 e. The Hall–Kier alpha value is -0.580. The summed E-state index contributed by atoms with van der Waals surface area (Å²) in [5.41, 5.74) is 2.40. The van der Waals surface area contributed by atoms with Crippen molar-refractivity contribution < 1.29 is 5.11 Å². The van der Waals surface area contributed by atoms with E-state index in [-0.39, 0.29) is 11.6 Å². The van der Waals surface area contributed by atoms with Gasteiger partial charge in [0.2, 0.25) is 0 Å². The van der Waals surface area contributed by atoms with Crippen LogP contribution in [0.3, 0.4) is 0 Å². The number of hydrogen-bond donors (Lipinski definition) is 2. The van der Waals surface area contributed by atoms with Gasteiger partial charge in [0.1, 0.15) is 0 Å². The minimum atomic E-state index is -0.323. The van der Waals surface area contributed by atoms with E-state index in [1.54, 1.807) is 0 Å². The summed E-state index contributed by atoms with van der Waals surface area (Å²) < 4.78 is 1.12. The van der Waals surface area contributed by atoms with E-state index in [0.29, 0.717) is 13.1 Å². The van der Waals surface area contributed by atoms with Gasteiger partial charge in [-0.05, 0) is 44.5 Å². The third-order valence-electron chi connectivity index (χ3n) is 3.34. The summed E-state index contributed by atoms with van der Waals surface area (Å²) >= 11 is 3.52. The van der Waals surface area contributed by atoms with Gasteiger partial charge >= 0.3 is 0 Å². The van der Waals surface area contributed by atoms with Crippen LogP contribution in [0.4, 0.5) is 5.69 Å². The van der Waals surface area contributed by atoms with Crippen LogP contribution in [0.1, 0.15) is 19.4 Å². The number of aryl methyl sites for hydroxylation is 1. The SMILES string of the molecule is Cc1cc(N2CC(O)CNC(C)(C)C2)ccc1Br. The number of anilines is 1. The fraction of sp³-hybridized carbons (Fsp3) is 0.571. The molecule has 0 aromatic heterocycles. The van der Waals surface area contributed by atoms with E-state index in [2.05, 4.69) is 65.1 Å². The third-order valence-corrected chi connectivity index (χ3v) is 4.23. The van der Waals surface area contributed by atoms with Crippen molar-refractivity contribution in [3.8, 4) is 0 Å². The molecule has 18 heavy (non-hydrogen) atoms. The smallest absolute Gasteiger partial charge is 0.0839 e. The Labute approximate surface area is 117 Å². The van der Waals surface area contributed by atoms with Crippen LogP contribution >= 0.6 is 15.9 Å². The molecule has 0 aliphatic carbocycles. The highest BCUT2D eigenvalue weighted by Crippen LogP contribution is 2.25. The summed E-state index contributed by atoms with van der Waals surface area (Å²) in [6.45, 7) is 8.65. The Morgan fingerprint density at radius 3 is 2.83 bits per heavy atom. The maximum Gasteiger partial charge on any atom is 0.0839 e. The Morgan fingerprint density at radius 2 is 2.17 bits per heavy atom. The number of aliphatic hydroxyl groups is 1. The second kappa shape index (κ2) is 5.19. The van der Waals surface area contributed by atoms with Gasteiger partial charge in [0, 0.05) is 35.3 Å². The third kappa shape index (κ3) is 3.25. The Balaban J connectivity index is 2.26. The second-order valence-electron chi connectivity index (χ2n) is 5.73. The van der Waals surface area contributed by atoms with E-state index in [4.69, 9.17) is 0 Å². The molecular weight excluding hydrogens is 292 g/mol. The zero-order chi connectivity index (χ0) is 13.3. The van der Waals surface area contributed by atoms with Gasteiger partial charge in [-0.2, -0.15) is 0 Å². The first-order valence-corrected chi connectivity index (χ1v) is 7.11. The number of nitrogens with one attached hydrogen (secondary N) is 1. The van der Waals surface area contributed by atoms with Gasteiger partial charge in [0.05, 0.1) is 6.10 Å². The monoisotopic (exact) mass is 312 g/mol. The molecule has 1 atom stereocenters. The summed E-state index contributed by atoms with van der Waals surface area (Å²) in [5.74, 6) is 0. The number of rotatable bonds is 1. The van der Waals surface area contributed by atoms with Crippen LogP contribution in [-0.4, -0.2) is 36.4 Å². The van der Waals surface area contributed by atoms with Crippen LogP contribution in [0.25, 0.3) is 0 Å². The van der Waals surface area contributed by atoms with Crippen LogP contribution in [-0.2, 0) is 0 Å². The van der Waals surface area contributed by atoms with Gasteiger partial charge in [-0.15, -0.1) is 0 Å². The molecule has 0 spiro atoms. The van der Waals surface area contributed by atoms with Crippen molar-refractivity contribution in [1.29, 1.82) is 0 Å². The average Bonchev–Trinajstić information content (AvgIpc) is 2.42. The van der Waals surface area contributed by atoms with Crippen molar-refractivity contribution in [3.63, 3.8) is 0 Å². The van der Waals surface area contributed by atoms with E-state index in [1.807, 2.05) is 0 Å². The first-order valence-electron chi connectivity index (χ1n) is 6.31. The lowest BCUT2D eigenvalue weighted by molar-refractivity contribution is 0.179. The number of hydrogen-bond acceptors (Lipinski definition) is 3. The van der Waals surface area contributed by atoms with Gasteiger partial charge in [-0.1, -0.05) is 15.9 Å². The molecule has 0 saturated carbocycles. The molecule has 1 fully saturated rings. The number of halogens is 1. The molecule has 0 amide bonds. The Kier molecular flexibility index (Phi) is 3.99. The van der Waals surface area contributed by atoms with E-state index < -0.39 is 0 Å². The minimum absolute atomic E-state index is 0.0124. The fourth-order valence-corrected chi connectivity index (χ4v) is 2.58. The quantitative estimate of drug-likeness (QED) is 0.835. The van der Waals surface area contributed by atoms with Crippen LogP contribution in [0, 0.1) is 6.92 Å². The second-order valence-corrected chi connectivity index (χ2v) is 6.59. The molecule has 1 unspecified atom stereocenters. The van der Waals surface area contributed by atoms with Crippen LogP contribution in [0.15, 0.2) is 22.7 Å². The van der Waals surface area contributed by atoms with E-state index in [0.717, 1.165) is 11.0 Å². The maximum atomic E-state index is 9.96. The highest BCUT2D eigenvalue weighted by atomic mass is 79.9. The molecule has 0 bridgehead atoms. The molecule has 100 valence electrons. The van der Waals surface area contributed by atoms with Gasteiger partial charge in [-0.25, -0.2) is 0 Å². The molecule has 2 rings (SSSR count). The summed E-state index contributed by atoms with van der Waals surface area (Å²) in [5, 5.41) is 13.4. The number of benzene rings is 1. The topological polar surface area (TPSA) is 35.5 Å². The predicted molar refractivity (Wildman–Crippen MR) is 79.2 cm³/mol. The molecule has 3 nitrogen and oxygen atoms in total. The van der Waals surface area contributed by atoms with Crippen molar-refractivity contribution in [3.05, 3.63) is 28.2 Å². The molecule has 1 aromatic rings.